The first-order chi connectivity index (χ1) is 9.11. The number of hydrogen-bond acceptors (Lipinski definition) is 2. The first-order valence-electron chi connectivity index (χ1n) is 6.41. The van der Waals surface area contributed by atoms with Crippen molar-refractivity contribution in [3.8, 4) is 0 Å². The SMILES string of the molecule is CCNC(=O)CNC(=O)C1CC1c1ccc(F)cc1. The molecule has 0 spiro atoms. The topological polar surface area (TPSA) is 58.2 Å². The van der Waals surface area contributed by atoms with Crippen LogP contribution in [0.1, 0.15) is 24.8 Å². The van der Waals surface area contributed by atoms with Gasteiger partial charge >= 0.3 is 0 Å². The Hall–Kier alpha value is -1.91. The van der Waals surface area contributed by atoms with Crippen molar-refractivity contribution in [3.63, 3.8) is 0 Å². The molecule has 1 aromatic carbocycles. The zero-order chi connectivity index (χ0) is 13.8. The van der Waals surface area contributed by atoms with Crippen LogP contribution in [0.2, 0.25) is 0 Å². The van der Waals surface area contributed by atoms with Gasteiger partial charge in [0.25, 0.3) is 0 Å². The summed E-state index contributed by atoms with van der Waals surface area (Å²) in [5.41, 5.74) is 0.972. The third kappa shape index (κ3) is 3.53. The minimum Gasteiger partial charge on any atom is -0.355 e. The molecule has 0 saturated heterocycles. The molecular formula is C14H17FN2O2. The molecule has 19 heavy (non-hydrogen) atoms. The Labute approximate surface area is 111 Å². The summed E-state index contributed by atoms with van der Waals surface area (Å²) < 4.78 is 12.8. The van der Waals surface area contributed by atoms with E-state index in [0.717, 1.165) is 12.0 Å². The molecule has 2 amide bonds. The lowest BCUT2D eigenvalue weighted by Crippen LogP contribution is -2.37. The predicted molar refractivity (Wildman–Crippen MR) is 68.9 cm³/mol. The van der Waals surface area contributed by atoms with Crippen LogP contribution in [0.3, 0.4) is 0 Å². The molecule has 2 rings (SSSR count). The smallest absolute Gasteiger partial charge is 0.239 e. The van der Waals surface area contributed by atoms with E-state index in [1.165, 1.54) is 12.1 Å². The Balaban J connectivity index is 1.80. The average Bonchev–Trinajstić information content (AvgIpc) is 3.17. The van der Waals surface area contributed by atoms with Gasteiger partial charge < -0.3 is 10.6 Å². The fourth-order valence-corrected chi connectivity index (χ4v) is 2.12. The molecule has 1 aliphatic rings. The van der Waals surface area contributed by atoms with E-state index in [-0.39, 0.29) is 36.0 Å². The van der Waals surface area contributed by atoms with E-state index >= 15 is 0 Å². The molecule has 4 nitrogen and oxygen atoms in total. The van der Waals surface area contributed by atoms with E-state index in [2.05, 4.69) is 10.6 Å². The summed E-state index contributed by atoms with van der Waals surface area (Å²) in [6, 6.07) is 6.21. The molecule has 0 heterocycles. The quantitative estimate of drug-likeness (QED) is 0.839. The summed E-state index contributed by atoms with van der Waals surface area (Å²) in [5.74, 6) is -0.522. The van der Waals surface area contributed by atoms with Crippen molar-refractivity contribution in [2.45, 2.75) is 19.3 Å². The van der Waals surface area contributed by atoms with Gasteiger partial charge in [-0.3, -0.25) is 9.59 Å². The number of hydrogen-bond donors (Lipinski definition) is 2. The van der Waals surface area contributed by atoms with E-state index < -0.39 is 0 Å². The Bertz CT molecular complexity index is 473. The maximum atomic E-state index is 12.8. The molecular weight excluding hydrogens is 247 g/mol. The van der Waals surface area contributed by atoms with Crippen molar-refractivity contribution in [1.82, 2.24) is 10.6 Å². The summed E-state index contributed by atoms with van der Waals surface area (Å²) in [6.45, 7) is 2.39. The minimum absolute atomic E-state index is 0.0132. The summed E-state index contributed by atoms with van der Waals surface area (Å²) in [4.78, 5) is 23.0. The summed E-state index contributed by atoms with van der Waals surface area (Å²) in [6.07, 6.45) is 0.757. The molecule has 1 fully saturated rings. The van der Waals surface area contributed by atoms with Gasteiger partial charge in [-0.1, -0.05) is 12.1 Å². The second-order valence-corrected chi connectivity index (χ2v) is 4.67. The number of rotatable bonds is 5. The largest absolute Gasteiger partial charge is 0.355 e. The zero-order valence-electron chi connectivity index (χ0n) is 10.8. The maximum Gasteiger partial charge on any atom is 0.239 e. The van der Waals surface area contributed by atoms with Gasteiger partial charge in [0.05, 0.1) is 6.54 Å². The molecule has 2 N–H and O–H groups in total. The maximum absolute atomic E-state index is 12.8. The molecule has 1 aromatic rings. The van der Waals surface area contributed by atoms with Crippen LogP contribution in [0.25, 0.3) is 0 Å². The van der Waals surface area contributed by atoms with E-state index in [1.54, 1.807) is 12.1 Å². The molecule has 1 aliphatic carbocycles. The monoisotopic (exact) mass is 264 g/mol. The van der Waals surface area contributed by atoms with Crippen molar-refractivity contribution >= 4 is 11.8 Å². The Morgan fingerprint density at radius 3 is 2.58 bits per heavy atom. The fourth-order valence-electron chi connectivity index (χ4n) is 2.12. The Morgan fingerprint density at radius 2 is 1.95 bits per heavy atom. The molecule has 0 bridgehead atoms. The van der Waals surface area contributed by atoms with Crippen molar-refractivity contribution in [3.05, 3.63) is 35.6 Å². The van der Waals surface area contributed by atoms with E-state index in [9.17, 15) is 14.0 Å². The lowest BCUT2D eigenvalue weighted by atomic mass is 10.1. The lowest BCUT2D eigenvalue weighted by Gasteiger charge is -2.05. The van der Waals surface area contributed by atoms with Crippen molar-refractivity contribution in [2.75, 3.05) is 13.1 Å². The number of nitrogens with one attached hydrogen (secondary N) is 2. The van der Waals surface area contributed by atoms with Gasteiger partial charge in [-0.25, -0.2) is 4.39 Å². The molecule has 0 aromatic heterocycles. The predicted octanol–water partition coefficient (Wildman–Crippen LogP) is 1.18. The Morgan fingerprint density at radius 1 is 1.26 bits per heavy atom. The van der Waals surface area contributed by atoms with Gasteiger partial charge in [0, 0.05) is 12.5 Å². The minimum atomic E-state index is -0.276. The number of carbonyl (C=O) groups is 2. The molecule has 2 atom stereocenters. The number of amides is 2. The van der Waals surface area contributed by atoms with E-state index in [4.69, 9.17) is 0 Å². The van der Waals surface area contributed by atoms with Crippen LogP contribution in [0.5, 0.6) is 0 Å². The average molecular weight is 264 g/mol. The molecule has 1 saturated carbocycles. The first-order valence-corrected chi connectivity index (χ1v) is 6.41. The van der Waals surface area contributed by atoms with Crippen LogP contribution in [0.4, 0.5) is 4.39 Å². The van der Waals surface area contributed by atoms with Gasteiger partial charge in [0.2, 0.25) is 11.8 Å². The van der Waals surface area contributed by atoms with Crippen molar-refractivity contribution in [2.24, 2.45) is 5.92 Å². The lowest BCUT2D eigenvalue weighted by molar-refractivity contribution is -0.126. The fraction of sp³-hybridized carbons (Fsp3) is 0.429. The van der Waals surface area contributed by atoms with Crippen LogP contribution in [-0.4, -0.2) is 24.9 Å². The molecule has 0 aliphatic heterocycles. The second kappa shape index (κ2) is 5.82. The molecule has 5 heteroatoms. The highest BCUT2D eigenvalue weighted by Crippen LogP contribution is 2.47. The first kappa shape index (κ1) is 13.5. The number of benzene rings is 1. The highest BCUT2D eigenvalue weighted by molar-refractivity contribution is 5.87. The second-order valence-electron chi connectivity index (χ2n) is 4.67. The number of halogens is 1. The van der Waals surface area contributed by atoms with Crippen LogP contribution in [0, 0.1) is 11.7 Å². The third-order valence-corrected chi connectivity index (χ3v) is 3.22. The van der Waals surface area contributed by atoms with Crippen LogP contribution in [-0.2, 0) is 9.59 Å². The zero-order valence-corrected chi connectivity index (χ0v) is 10.8. The normalized spacial score (nSPS) is 20.7. The van der Waals surface area contributed by atoms with Gasteiger partial charge in [-0.2, -0.15) is 0 Å². The standard InChI is InChI=1S/C14H17FN2O2/c1-2-16-13(18)8-17-14(19)12-7-11(12)9-3-5-10(15)6-4-9/h3-6,11-12H,2,7-8H2,1H3,(H,16,18)(H,17,19). The summed E-state index contributed by atoms with van der Waals surface area (Å²) >= 11 is 0. The number of likely N-dealkylation sites (N-methyl/N-ethyl adjacent to an activating group) is 1. The third-order valence-electron chi connectivity index (χ3n) is 3.22. The number of carbonyl (C=O) groups excluding carboxylic acids is 2. The molecule has 102 valence electrons. The van der Waals surface area contributed by atoms with Crippen molar-refractivity contribution in [1.29, 1.82) is 0 Å². The van der Waals surface area contributed by atoms with Crippen LogP contribution >= 0.6 is 0 Å². The highest BCUT2D eigenvalue weighted by atomic mass is 19.1. The highest BCUT2D eigenvalue weighted by Gasteiger charge is 2.43. The van der Waals surface area contributed by atoms with Gasteiger partial charge in [-0.15, -0.1) is 0 Å². The molecule has 0 radical (unpaired) electrons. The Kier molecular flexibility index (Phi) is 4.14. The van der Waals surface area contributed by atoms with Crippen LogP contribution < -0.4 is 10.6 Å². The van der Waals surface area contributed by atoms with Gasteiger partial charge in [-0.05, 0) is 37.0 Å². The van der Waals surface area contributed by atoms with Crippen molar-refractivity contribution < 1.29 is 14.0 Å². The summed E-state index contributed by atoms with van der Waals surface area (Å²) in [5, 5.41) is 5.23. The molecule has 2 unspecified atom stereocenters. The van der Waals surface area contributed by atoms with Gasteiger partial charge in [0.15, 0.2) is 0 Å². The van der Waals surface area contributed by atoms with Gasteiger partial charge in [0.1, 0.15) is 5.82 Å². The van der Waals surface area contributed by atoms with E-state index in [0.29, 0.717) is 6.54 Å². The van der Waals surface area contributed by atoms with Crippen LogP contribution in [0.15, 0.2) is 24.3 Å². The summed E-state index contributed by atoms with van der Waals surface area (Å²) in [7, 11) is 0. The van der Waals surface area contributed by atoms with E-state index in [1.807, 2.05) is 6.92 Å².